The van der Waals surface area contributed by atoms with Crippen LogP contribution in [0.2, 0.25) is 0 Å². The third-order valence-corrected chi connectivity index (χ3v) is 6.10. The molecule has 0 heterocycles. The lowest BCUT2D eigenvalue weighted by Gasteiger charge is -2.27. The van der Waals surface area contributed by atoms with Crippen molar-refractivity contribution < 1.29 is 33.6 Å². The highest BCUT2D eigenvalue weighted by Gasteiger charge is 2.39. The number of nitrogens with zero attached hydrogens (tertiary/aromatic N) is 1. The van der Waals surface area contributed by atoms with E-state index in [1.54, 1.807) is 84.9 Å². The fraction of sp³-hybridized carbons (Fsp3) is 0.129. The summed E-state index contributed by atoms with van der Waals surface area (Å²) in [6, 6.07) is 26.8. The number of carbonyl (C=O) groups excluding carboxylic acids is 2. The first kappa shape index (κ1) is 27.9. The van der Waals surface area contributed by atoms with Crippen LogP contribution in [0.3, 0.4) is 0 Å². The minimum atomic E-state index is -1.99. The van der Waals surface area contributed by atoms with Gasteiger partial charge in [0.05, 0.1) is 33.1 Å². The van der Waals surface area contributed by atoms with Gasteiger partial charge in [-0.05, 0) is 35.4 Å². The Morgan fingerprint density at radius 3 is 1.80 bits per heavy atom. The summed E-state index contributed by atoms with van der Waals surface area (Å²) in [5.74, 6) is -0.289. The molecule has 9 nitrogen and oxygen atoms in total. The second-order valence-electron chi connectivity index (χ2n) is 8.48. The maximum Gasteiger partial charge on any atom is 0.343 e. The van der Waals surface area contributed by atoms with Gasteiger partial charge < -0.3 is 24.1 Å². The summed E-state index contributed by atoms with van der Waals surface area (Å²) >= 11 is 0. The Balaban J connectivity index is 1.56. The number of para-hydroxylation sites is 1. The first-order chi connectivity index (χ1) is 19.4. The first-order valence-electron chi connectivity index (χ1n) is 12.2. The maximum atomic E-state index is 13.3. The van der Waals surface area contributed by atoms with Crippen LogP contribution < -0.4 is 24.4 Å². The van der Waals surface area contributed by atoms with E-state index in [-0.39, 0.29) is 11.3 Å². The number of rotatable bonds is 10. The van der Waals surface area contributed by atoms with Gasteiger partial charge in [-0.15, -0.1) is 0 Å². The monoisotopic (exact) mass is 540 g/mol. The minimum Gasteiger partial charge on any atom is -0.493 e. The topological polar surface area (TPSA) is 116 Å². The highest BCUT2D eigenvalue weighted by Crippen LogP contribution is 2.38. The van der Waals surface area contributed by atoms with E-state index in [1.807, 2.05) is 0 Å². The molecule has 4 rings (SSSR count). The van der Waals surface area contributed by atoms with Crippen LogP contribution in [-0.2, 0) is 10.4 Å². The summed E-state index contributed by atoms with van der Waals surface area (Å²) in [6.07, 6.45) is 1.33. The van der Waals surface area contributed by atoms with Crippen LogP contribution in [0.5, 0.6) is 23.0 Å². The molecular weight excluding hydrogens is 512 g/mol. The van der Waals surface area contributed by atoms with Crippen molar-refractivity contribution in [2.24, 2.45) is 5.10 Å². The molecule has 0 aliphatic rings. The Morgan fingerprint density at radius 1 is 0.750 bits per heavy atom. The number of hydrazone groups is 1. The molecule has 0 aliphatic carbocycles. The fourth-order valence-corrected chi connectivity index (χ4v) is 4.07. The largest absolute Gasteiger partial charge is 0.493 e. The van der Waals surface area contributed by atoms with Gasteiger partial charge in [0.1, 0.15) is 5.75 Å². The van der Waals surface area contributed by atoms with Crippen LogP contribution in [0, 0.1) is 0 Å². The molecular formula is C31H28N2O7. The quantitative estimate of drug-likeness (QED) is 0.133. The second kappa shape index (κ2) is 12.6. The van der Waals surface area contributed by atoms with Gasteiger partial charge in [-0.3, -0.25) is 4.79 Å². The molecule has 0 aromatic heterocycles. The highest BCUT2D eigenvalue weighted by atomic mass is 16.5. The molecule has 1 amide bonds. The number of carbonyl (C=O) groups is 2. The van der Waals surface area contributed by atoms with Crippen molar-refractivity contribution in [3.05, 3.63) is 119 Å². The van der Waals surface area contributed by atoms with E-state index in [1.165, 1.54) is 39.7 Å². The number of ether oxygens (including phenoxy) is 4. The zero-order chi connectivity index (χ0) is 28.5. The summed E-state index contributed by atoms with van der Waals surface area (Å²) in [5, 5.41) is 15.6. The molecule has 204 valence electrons. The molecule has 0 aliphatic heterocycles. The standard InChI is InChI=1S/C31H28N2O7/c1-37-26-18-22(19-27(38-2)28(26)39-3)29(34)40-25-17-11-10-12-21(25)20-32-33-30(35)31(36,23-13-6-4-7-14-23)24-15-8-5-9-16-24/h4-20,36H,1-3H3,(H,33,35). The van der Waals surface area contributed by atoms with E-state index < -0.39 is 17.5 Å². The average molecular weight is 541 g/mol. The molecule has 4 aromatic carbocycles. The smallest absolute Gasteiger partial charge is 0.343 e. The molecule has 2 N–H and O–H groups in total. The second-order valence-corrected chi connectivity index (χ2v) is 8.48. The molecule has 0 unspecified atom stereocenters. The summed E-state index contributed by atoms with van der Waals surface area (Å²) in [4.78, 5) is 26.3. The number of hydrogen-bond donors (Lipinski definition) is 2. The third kappa shape index (κ3) is 5.79. The zero-order valence-electron chi connectivity index (χ0n) is 22.2. The number of hydrogen-bond acceptors (Lipinski definition) is 8. The summed E-state index contributed by atoms with van der Waals surface area (Å²) in [7, 11) is 4.36. The number of nitrogens with one attached hydrogen (secondary N) is 1. The summed E-state index contributed by atoms with van der Waals surface area (Å²) in [5.41, 5.74) is 1.78. The van der Waals surface area contributed by atoms with E-state index in [0.717, 1.165) is 0 Å². The van der Waals surface area contributed by atoms with Crippen molar-refractivity contribution >= 4 is 18.1 Å². The first-order valence-corrected chi connectivity index (χ1v) is 12.2. The molecule has 0 saturated heterocycles. The number of methoxy groups -OCH3 is 3. The van der Waals surface area contributed by atoms with Crippen LogP contribution in [0.1, 0.15) is 27.0 Å². The van der Waals surface area contributed by atoms with Crippen LogP contribution >= 0.6 is 0 Å². The summed E-state index contributed by atoms with van der Waals surface area (Å²) < 4.78 is 21.6. The van der Waals surface area contributed by atoms with Gasteiger partial charge in [-0.25, -0.2) is 10.2 Å². The Labute approximate surface area is 231 Å². The van der Waals surface area contributed by atoms with E-state index in [0.29, 0.717) is 33.9 Å². The normalized spacial score (nSPS) is 11.1. The average Bonchev–Trinajstić information content (AvgIpc) is 3.01. The maximum absolute atomic E-state index is 13.3. The van der Waals surface area contributed by atoms with Crippen molar-refractivity contribution in [3.63, 3.8) is 0 Å². The lowest BCUT2D eigenvalue weighted by Crippen LogP contribution is -2.43. The predicted molar refractivity (Wildman–Crippen MR) is 149 cm³/mol. The molecule has 0 saturated carbocycles. The molecule has 0 bridgehead atoms. The zero-order valence-corrected chi connectivity index (χ0v) is 22.2. The van der Waals surface area contributed by atoms with Crippen molar-refractivity contribution in [2.45, 2.75) is 5.60 Å². The molecule has 0 atom stereocenters. The molecule has 0 radical (unpaired) electrons. The van der Waals surface area contributed by atoms with Gasteiger partial charge in [0.25, 0.3) is 5.91 Å². The lowest BCUT2D eigenvalue weighted by molar-refractivity contribution is -0.136. The third-order valence-electron chi connectivity index (χ3n) is 6.10. The van der Waals surface area contributed by atoms with Crippen molar-refractivity contribution in [2.75, 3.05) is 21.3 Å². The number of amides is 1. The summed E-state index contributed by atoms with van der Waals surface area (Å²) in [6.45, 7) is 0. The molecule has 40 heavy (non-hydrogen) atoms. The van der Waals surface area contributed by atoms with Gasteiger partial charge in [-0.1, -0.05) is 72.8 Å². The molecule has 0 fully saturated rings. The lowest BCUT2D eigenvalue weighted by atomic mass is 9.85. The van der Waals surface area contributed by atoms with Gasteiger partial charge in [-0.2, -0.15) is 5.10 Å². The van der Waals surface area contributed by atoms with Crippen molar-refractivity contribution in [3.8, 4) is 23.0 Å². The molecule has 9 heteroatoms. The Kier molecular flexibility index (Phi) is 8.78. The molecule has 4 aromatic rings. The fourth-order valence-electron chi connectivity index (χ4n) is 4.07. The van der Waals surface area contributed by atoms with Gasteiger partial charge >= 0.3 is 5.97 Å². The van der Waals surface area contributed by atoms with Crippen LogP contribution in [0.25, 0.3) is 0 Å². The highest BCUT2D eigenvalue weighted by molar-refractivity contribution is 5.95. The molecule has 0 spiro atoms. The number of esters is 1. The van der Waals surface area contributed by atoms with Crippen molar-refractivity contribution in [1.82, 2.24) is 5.43 Å². The SMILES string of the molecule is COc1cc(C(=O)Oc2ccccc2C=NNC(=O)C(O)(c2ccccc2)c2ccccc2)cc(OC)c1OC. The predicted octanol–water partition coefficient (Wildman–Crippen LogP) is 4.32. The van der Waals surface area contributed by atoms with Crippen LogP contribution in [0.15, 0.2) is 102 Å². The number of benzene rings is 4. The van der Waals surface area contributed by atoms with E-state index in [9.17, 15) is 14.7 Å². The minimum absolute atomic E-state index is 0.172. The Bertz CT molecular complexity index is 1440. The number of aliphatic hydroxyl groups is 1. The van der Waals surface area contributed by atoms with Crippen molar-refractivity contribution in [1.29, 1.82) is 0 Å². The Morgan fingerprint density at radius 2 is 1.27 bits per heavy atom. The van der Waals surface area contributed by atoms with Gasteiger partial charge in [0.2, 0.25) is 5.75 Å². The van der Waals surface area contributed by atoms with E-state index in [2.05, 4.69) is 10.5 Å². The van der Waals surface area contributed by atoms with E-state index >= 15 is 0 Å². The van der Waals surface area contributed by atoms with Gasteiger partial charge in [0.15, 0.2) is 17.1 Å². The van der Waals surface area contributed by atoms with E-state index in [4.69, 9.17) is 18.9 Å². The Hall–Kier alpha value is -5.15. The van der Waals surface area contributed by atoms with Gasteiger partial charge in [0, 0.05) is 5.56 Å². The van der Waals surface area contributed by atoms with Crippen LogP contribution in [-0.4, -0.2) is 44.5 Å². The van der Waals surface area contributed by atoms with Crippen LogP contribution in [0.4, 0.5) is 0 Å².